The van der Waals surface area contributed by atoms with Crippen LogP contribution in [-0.2, 0) is 12.8 Å². The van der Waals surface area contributed by atoms with Crippen LogP contribution in [-0.4, -0.2) is 15.0 Å². The lowest BCUT2D eigenvalue weighted by Crippen LogP contribution is -2.11. The average molecular weight is 475 g/mol. The molecule has 4 rings (SSSR count). The van der Waals surface area contributed by atoms with Gasteiger partial charge in [0, 0.05) is 17.4 Å². The Morgan fingerprint density at radius 2 is 1.79 bits per heavy atom. The zero-order chi connectivity index (χ0) is 23.4. The molecule has 168 valence electrons. The fourth-order valence-corrected chi connectivity index (χ4v) is 3.13. The molecule has 0 aliphatic heterocycles. The maximum absolute atomic E-state index is 14.4. The minimum Gasteiger partial charge on any atom is -0.483 e. The highest BCUT2D eigenvalue weighted by Gasteiger charge is 2.34. The molecular weight excluding hydrogens is 460 g/mol. The number of alkyl halides is 3. The number of anilines is 2. The van der Waals surface area contributed by atoms with Gasteiger partial charge in [0.05, 0.1) is 23.0 Å². The molecule has 0 saturated carbocycles. The van der Waals surface area contributed by atoms with Gasteiger partial charge in [0.2, 0.25) is 0 Å². The highest BCUT2D eigenvalue weighted by Crippen LogP contribution is 2.37. The van der Waals surface area contributed by atoms with Crippen LogP contribution in [0, 0.1) is 5.82 Å². The van der Waals surface area contributed by atoms with Gasteiger partial charge in [0.15, 0.2) is 17.4 Å². The van der Waals surface area contributed by atoms with E-state index in [1.807, 2.05) is 30.3 Å². The first-order chi connectivity index (χ1) is 15.8. The second kappa shape index (κ2) is 9.41. The van der Waals surface area contributed by atoms with Gasteiger partial charge < -0.3 is 10.1 Å². The first kappa shape index (κ1) is 22.5. The van der Waals surface area contributed by atoms with Crippen molar-refractivity contribution in [2.45, 2.75) is 12.8 Å². The van der Waals surface area contributed by atoms with Gasteiger partial charge in [-0.2, -0.15) is 13.2 Å². The molecule has 0 aliphatic rings. The molecule has 2 heterocycles. The first-order valence-electron chi connectivity index (χ1n) is 9.58. The van der Waals surface area contributed by atoms with Crippen molar-refractivity contribution in [3.8, 4) is 17.1 Å². The molecule has 33 heavy (non-hydrogen) atoms. The average Bonchev–Trinajstić information content (AvgIpc) is 2.80. The lowest BCUT2D eigenvalue weighted by molar-refractivity contribution is -0.137. The molecule has 0 aliphatic carbocycles. The number of hydrogen-bond acceptors (Lipinski definition) is 5. The van der Waals surface area contributed by atoms with E-state index in [0.717, 1.165) is 17.7 Å². The Hall–Kier alpha value is -3.72. The molecule has 0 atom stereocenters. The molecule has 10 heteroatoms. The van der Waals surface area contributed by atoms with Crippen molar-refractivity contribution in [2.75, 3.05) is 5.32 Å². The number of benzene rings is 2. The van der Waals surface area contributed by atoms with Crippen LogP contribution in [0.15, 0.2) is 73.2 Å². The van der Waals surface area contributed by atoms with Crippen LogP contribution >= 0.6 is 11.6 Å². The lowest BCUT2D eigenvalue weighted by atomic mass is 10.2. The fourth-order valence-electron chi connectivity index (χ4n) is 2.96. The summed E-state index contributed by atoms with van der Waals surface area (Å²) in [6.07, 6.45) is -1.48. The number of rotatable bonds is 6. The molecule has 0 unspecified atom stereocenters. The summed E-state index contributed by atoms with van der Waals surface area (Å²) in [5.41, 5.74) is -0.467. The molecule has 0 amide bonds. The van der Waals surface area contributed by atoms with E-state index in [4.69, 9.17) is 16.3 Å². The molecular formula is C23H15ClF4N4O. The minimum absolute atomic E-state index is 0.00840. The topological polar surface area (TPSA) is 59.9 Å². The Balaban J connectivity index is 1.75. The van der Waals surface area contributed by atoms with Crippen molar-refractivity contribution >= 4 is 23.1 Å². The maximum atomic E-state index is 14.4. The summed E-state index contributed by atoms with van der Waals surface area (Å²) < 4.78 is 60.5. The van der Waals surface area contributed by atoms with Crippen molar-refractivity contribution < 1.29 is 22.3 Å². The third kappa shape index (κ3) is 5.38. The molecule has 2 aromatic carbocycles. The number of nitrogens with zero attached hydrogens (tertiary/aromatic N) is 3. The van der Waals surface area contributed by atoms with Crippen LogP contribution in [0.3, 0.4) is 0 Å². The zero-order valence-electron chi connectivity index (χ0n) is 16.8. The largest absolute Gasteiger partial charge is 0.483 e. The monoisotopic (exact) mass is 474 g/mol. The zero-order valence-corrected chi connectivity index (χ0v) is 17.5. The standard InChI is InChI=1S/C23H15ClF4N4O/c24-15-6-7-18(25)16(10-15)21-30-12-20(33-13-14-4-2-1-3-5-14)22(32-21)31-19-8-9-29-11-17(19)23(26,27)28/h1-12H,13H2,(H,29,30,31,32). The number of ether oxygens (including phenoxy) is 1. The number of nitrogens with one attached hydrogen (secondary N) is 1. The normalized spacial score (nSPS) is 11.3. The molecule has 4 aromatic rings. The van der Waals surface area contributed by atoms with E-state index < -0.39 is 17.6 Å². The summed E-state index contributed by atoms with van der Waals surface area (Å²) in [7, 11) is 0. The van der Waals surface area contributed by atoms with E-state index in [1.165, 1.54) is 24.5 Å². The maximum Gasteiger partial charge on any atom is 0.419 e. The van der Waals surface area contributed by atoms with Gasteiger partial charge in [0.1, 0.15) is 12.4 Å². The van der Waals surface area contributed by atoms with Crippen LogP contribution < -0.4 is 10.1 Å². The Labute approximate surface area is 191 Å². The number of pyridine rings is 1. The smallest absolute Gasteiger partial charge is 0.419 e. The van der Waals surface area contributed by atoms with E-state index in [-0.39, 0.29) is 40.3 Å². The minimum atomic E-state index is -4.66. The predicted octanol–water partition coefficient (Wildman–Crippen LogP) is 6.67. The van der Waals surface area contributed by atoms with Gasteiger partial charge in [-0.25, -0.2) is 14.4 Å². The summed E-state index contributed by atoms with van der Waals surface area (Å²) in [4.78, 5) is 11.9. The van der Waals surface area contributed by atoms with E-state index in [9.17, 15) is 17.6 Å². The van der Waals surface area contributed by atoms with Crippen LogP contribution in [0.25, 0.3) is 11.4 Å². The van der Waals surface area contributed by atoms with E-state index in [2.05, 4.69) is 20.3 Å². The predicted molar refractivity (Wildman–Crippen MR) is 116 cm³/mol. The van der Waals surface area contributed by atoms with Crippen molar-refractivity contribution in [3.63, 3.8) is 0 Å². The number of halogens is 5. The van der Waals surface area contributed by atoms with Crippen LogP contribution in [0.2, 0.25) is 5.02 Å². The Morgan fingerprint density at radius 3 is 2.55 bits per heavy atom. The molecule has 0 bridgehead atoms. The lowest BCUT2D eigenvalue weighted by Gasteiger charge is -2.16. The highest BCUT2D eigenvalue weighted by molar-refractivity contribution is 6.30. The third-order valence-corrected chi connectivity index (χ3v) is 4.78. The highest BCUT2D eigenvalue weighted by atomic mass is 35.5. The Bertz CT molecular complexity index is 1270. The summed E-state index contributed by atoms with van der Waals surface area (Å²) in [5, 5.41) is 2.89. The van der Waals surface area contributed by atoms with E-state index in [0.29, 0.717) is 6.20 Å². The summed E-state index contributed by atoms with van der Waals surface area (Å²) in [6, 6.07) is 14.2. The SMILES string of the molecule is Fc1ccc(Cl)cc1-c1ncc(OCc2ccccc2)c(Nc2ccncc2C(F)(F)F)n1. The van der Waals surface area contributed by atoms with Crippen LogP contribution in [0.4, 0.5) is 29.1 Å². The molecule has 0 saturated heterocycles. The van der Waals surface area contributed by atoms with Crippen molar-refractivity contribution in [1.29, 1.82) is 0 Å². The summed E-state index contributed by atoms with van der Waals surface area (Å²) in [6.45, 7) is 0.117. The summed E-state index contributed by atoms with van der Waals surface area (Å²) in [5.74, 6) is -0.711. The first-order valence-corrected chi connectivity index (χ1v) is 9.96. The van der Waals surface area contributed by atoms with E-state index >= 15 is 0 Å². The third-order valence-electron chi connectivity index (χ3n) is 4.54. The quantitative estimate of drug-likeness (QED) is 0.316. The Kier molecular flexibility index (Phi) is 6.41. The molecule has 0 spiro atoms. The number of hydrogen-bond donors (Lipinski definition) is 1. The second-order valence-corrected chi connectivity index (χ2v) is 7.29. The van der Waals surface area contributed by atoms with Crippen molar-refractivity contribution in [1.82, 2.24) is 15.0 Å². The van der Waals surface area contributed by atoms with Gasteiger partial charge in [-0.1, -0.05) is 41.9 Å². The van der Waals surface area contributed by atoms with Gasteiger partial charge in [-0.3, -0.25) is 4.98 Å². The van der Waals surface area contributed by atoms with Crippen LogP contribution in [0.1, 0.15) is 11.1 Å². The molecule has 5 nitrogen and oxygen atoms in total. The van der Waals surface area contributed by atoms with E-state index in [1.54, 1.807) is 0 Å². The molecule has 1 N–H and O–H groups in total. The van der Waals surface area contributed by atoms with Crippen molar-refractivity contribution in [2.24, 2.45) is 0 Å². The fraction of sp³-hybridized carbons (Fsp3) is 0.0870. The van der Waals surface area contributed by atoms with Crippen LogP contribution in [0.5, 0.6) is 5.75 Å². The Morgan fingerprint density at radius 1 is 1.00 bits per heavy atom. The van der Waals surface area contributed by atoms with Gasteiger partial charge in [0.25, 0.3) is 0 Å². The van der Waals surface area contributed by atoms with Gasteiger partial charge >= 0.3 is 6.18 Å². The van der Waals surface area contributed by atoms with Gasteiger partial charge in [-0.05, 0) is 29.8 Å². The molecule has 0 radical (unpaired) electrons. The summed E-state index contributed by atoms with van der Waals surface area (Å²) >= 11 is 5.96. The molecule has 0 fully saturated rings. The number of aromatic nitrogens is 3. The second-order valence-electron chi connectivity index (χ2n) is 6.85. The van der Waals surface area contributed by atoms with Gasteiger partial charge in [-0.15, -0.1) is 0 Å². The van der Waals surface area contributed by atoms with Crippen molar-refractivity contribution in [3.05, 3.63) is 95.2 Å². The molecule has 2 aromatic heterocycles.